The second kappa shape index (κ2) is 8.28. The first-order valence-electron chi connectivity index (χ1n) is 8.97. The molecule has 0 amide bonds. The molecule has 1 aromatic carbocycles. The molecule has 0 aliphatic heterocycles. The molecule has 0 aliphatic rings. The van der Waals surface area contributed by atoms with Crippen molar-refractivity contribution >= 4 is 28.1 Å². The summed E-state index contributed by atoms with van der Waals surface area (Å²) in [6, 6.07) is 18.4. The summed E-state index contributed by atoms with van der Waals surface area (Å²) in [6.45, 7) is 2.07. The standard InChI is InChI=1S/C24H18BrN3/c1-17-12-21(15-27-23(17)20-8-5-11-26-14-20)24-19(13-22(25)16-28-24)10-9-18-6-3-2-4-7-18/h2-16H,1H3/b10-9+. The van der Waals surface area contributed by atoms with Crippen molar-refractivity contribution in [1.29, 1.82) is 0 Å². The number of pyridine rings is 3. The Hall–Kier alpha value is -3.11. The van der Waals surface area contributed by atoms with Crippen LogP contribution in [0.4, 0.5) is 0 Å². The smallest absolute Gasteiger partial charge is 0.0790 e. The number of rotatable bonds is 4. The van der Waals surface area contributed by atoms with Crippen LogP contribution in [0.25, 0.3) is 34.7 Å². The van der Waals surface area contributed by atoms with E-state index in [-0.39, 0.29) is 0 Å². The van der Waals surface area contributed by atoms with Gasteiger partial charge in [0.2, 0.25) is 0 Å². The summed E-state index contributed by atoms with van der Waals surface area (Å²) in [5.74, 6) is 0. The minimum absolute atomic E-state index is 0.906. The molecule has 3 nitrogen and oxygen atoms in total. The highest BCUT2D eigenvalue weighted by Crippen LogP contribution is 2.29. The molecule has 0 atom stereocenters. The van der Waals surface area contributed by atoms with E-state index in [0.29, 0.717) is 0 Å². The molecular weight excluding hydrogens is 410 g/mol. The van der Waals surface area contributed by atoms with E-state index in [1.165, 1.54) is 0 Å². The molecule has 3 heterocycles. The van der Waals surface area contributed by atoms with E-state index in [1.54, 1.807) is 6.20 Å². The molecule has 0 bridgehead atoms. The summed E-state index contributed by atoms with van der Waals surface area (Å²) < 4.78 is 0.945. The van der Waals surface area contributed by atoms with E-state index < -0.39 is 0 Å². The van der Waals surface area contributed by atoms with Crippen molar-refractivity contribution in [3.05, 3.63) is 101 Å². The van der Waals surface area contributed by atoms with Gasteiger partial charge in [-0.15, -0.1) is 0 Å². The number of hydrogen-bond donors (Lipinski definition) is 0. The van der Waals surface area contributed by atoms with Gasteiger partial charge in [0, 0.05) is 46.0 Å². The molecule has 4 heteroatoms. The molecule has 0 fully saturated rings. The van der Waals surface area contributed by atoms with Crippen molar-refractivity contribution in [2.24, 2.45) is 0 Å². The van der Waals surface area contributed by atoms with E-state index in [0.717, 1.165) is 43.7 Å². The third kappa shape index (κ3) is 4.07. The van der Waals surface area contributed by atoms with Crippen molar-refractivity contribution < 1.29 is 0 Å². The third-order valence-electron chi connectivity index (χ3n) is 4.43. The molecule has 0 N–H and O–H groups in total. The Morgan fingerprint density at radius 3 is 2.36 bits per heavy atom. The minimum Gasteiger partial charge on any atom is -0.264 e. The fraction of sp³-hybridized carbons (Fsp3) is 0.0417. The first-order chi connectivity index (χ1) is 13.7. The topological polar surface area (TPSA) is 38.7 Å². The second-order valence-corrected chi connectivity index (χ2v) is 7.38. The van der Waals surface area contributed by atoms with Crippen LogP contribution in [0.5, 0.6) is 0 Å². The average molecular weight is 428 g/mol. The number of nitrogens with zero attached hydrogens (tertiary/aromatic N) is 3. The summed E-state index contributed by atoms with van der Waals surface area (Å²) >= 11 is 3.53. The van der Waals surface area contributed by atoms with Crippen LogP contribution in [0, 0.1) is 6.92 Å². The lowest BCUT2D eigenvalue weighted by atomic mass is 10.0. The van der Waals surface area contributed by atoms with Crippen LogP contribution in [0.1, 0.15) is 16.7 Å². The first-order valence-corrected chi connectivity index (χ1v) is 9.76. The molecule has 0 spiro atoms. The van der Waals surface area contributed by atoms with Crippen LogP contribution >= 0.6 is 15.9 Å². The lowest BCUT2D eigenvalue weighted by molar-refractivity contribution is 1.22. The maximum absolute atomic E-state index is 4.69. The summed E-state index contributed by atoms with van der Waals surface area (Å²) in [4.78, 5) is 13.5. The quantitative estimate of drug-likeness (QED) is 0.375. The van der Waals surface area contributed by atoms with E-state index in [2.05, 4.69) is 69.2 Å². The fourth-order valence-electron chi connectivity index (χ4n) is 3.08. The molecular formula is C24H18BrN3. The van der Waals surface area contributed by atoms with Gasteiger partial charge in [0.05, 0.1) is 11.4 Å². The summed E-state index contributed by atoms with van der Waals surface area (Å²) in [7, 11) is 0. The fourth-order valence-corrected chi connectivity index (χ4v) is 3.43. The summed E-state index contributed by atoms with van der Waals surface area (Å²) in [6.07, 6.45) is 11.5. The van der Waals surface area contributed by atoms with Gasteiger partial charge in [-0.1, -0.05) is 42.5 Å². The zero-order valence-corrected chi connectivity index (χ0v) is 17.0. The summed E-state index contributed by atoms with van der Waals surface area (Å²) in [5.41, 5.74) is 7.13. The van der Waals surface area contributed by atoms with Gasteiger partial charge >= 0.3 is 0 Å². The van der Waals surface area contributed by atoms with E-state index >= 15 is 0 Å². The number of aromatic nitrogens is 3. The van der Waals surface area contributed by atoms with Crippen LogP contribution in [-0.4, -0.2) is 15.0 Å². The SMILES string of the molecule is Cc1cc(-c2ncc(Br)cc2/C=C/c2ccccc2)cnc1-c1cccnc1. The Labute approximate surface area is 173 Å². The zero-order valence-electron chi connectivity index (χ0n) is 15.4. The predicted molar refractivity (Wildman–Crippen MR) is 119 cm³/mol. The van der Waals surface area contributed by atoms with Gasteiger partial charge in [0.25, 0.3) is 0 Å². The van der Waals surface area contributed by atoms with Crippen molar-refractivity contribution in [1.82, 2.24) is 15.0 Å². The zero-order chi connectivity index (χ0) is 19.3. The van der Waals surface area contributed by atoms with E-state index in [9.17, 15) is 0 Å². The van der Waals surface area contributed by atoms with Crippen LogP contribution < -0.4 is 0 Å². The van der Waals surface area contributed by atoms with Crippen LogP contribution in [-0.2, 0) is 0 Å². The Balaban J connectivity index is 1.73. The van der Waals surface area contributed by atoms with Crippen molar-refractivity contribution in [2.45, 2.75) is 6.92 Å². The minimum atomic E-state index is 0.906. The molecule has 4 rings (SSSR count). The highest BCUT2D eigenvalue weighted by Gasteiger charge is 2.10. The van der Waals surface area contributed by atoms with Gasteiger partial charge in [-0.25, -0.2) is 0 Å². The molecule has 0 saturated heterocycles. The van der Waals surface area contributed by atoms with Gasteiger partial charge < -0.3 is 0 Å². The van der Waals surface area contributed by atoms with Crippen LogP contribution in [0.15, 0.2) is 83.9 Å². The van der Waals surface area contributed by atoms with Crippen molar-refractivity contribution in [3.63, 3.8) is 0 Å². The molecule has 3 aromatic heterocycles. The molecule has 4 aromatic rings. The maximum Gasteiger partial charge on any atom is 0.0790 e. The second-order valence-electron chi connectivity index (χ2n) is 6.47. The number of halogens is 1. The van der Waals surface area contributed by atoms with E-state index in [1.807, 2.05) is 48.9 Å². The lowest BCUT2D eigenvalue weighted by Gasteiger charge is -2.10. The molecule has 0 aliphatic carbocycles. The predicted octanol–water partition coefficient (Wildman–Crippen LogP) is 6.45. The molecule has 136 valence electrons. The Morgan fingerprint density at radius 2 is 1.61 bits per heavy atom. The summed E-state index contributed by atoms with van der Waals surface area (Å²) in [5, 5.41) is 0. The Bertz CT molecular complexity index is 1120. The first kappa shape index (κ1) is 18.3. The Morgan fingerprint density at radius 1 is 0.786 bits per heavy atom. The average Bonchev–Trinajstić information content (AvgIpc) is 2.74. The third-order valence-corrected chi connectivity index (χ3v) is 4.86. The van der Waals surface area contributed by atoms with Crippen LogP contribution in [0.3, 0.4) is 0 Å². The van der Waals surface area contributed by atoms with Crippen molar-refractivity contribution in [2.75, 3.05) is 0 Å². The molecule has 0 radical (unpaired) electrons. The normalized spacial score (nSPS) is 11.1. The van der Waals surface area contributed by atoms with Gasteiger partial charge in [0.1, 0.15) is 0 Å². The highest BCUT2D eigenvalue weighted by atomic mass is 79.9. The molecule has 28 heavy (non-hydrogen) atoms. The van der Waals surface area contributed by atoms with Gasteiger partial charge in [-0.3, -0.25) is 15.0 Å². The molecule has 0 saturated carbocycles. The number of aryl methyl sites for hydroxylation is 1. The lowest BCUT2D eigenvalue weighted by Crippen LogP contribution is -1.94. The van der Waals surface area contributed by atoms with Gasteiger partial charge in [-0.05, 0) is 58.2 Å². The maximum atomic E-state index is 4.69. The largest absolute Gasteiger partial charge is 0.264 e. The highest BCUT2D eigenvalue weighted by molar-refractivity contribution is 9.10. The van der Waals surface area contributed by atoms with Crippen LogP contribution in [0.2, 0.25) is 0 Å². The molecule has 0 unspecified atom stereocenters. The van der Waals surface area contributed by atoms with E-state index in [4.69, 9.17) is 4.98 Å². The monoisotopic (exact) mass is 427 g/mol. The number of hydrogen-bond acceptors (Lipinski definition) is 3. The number of benzene rings is 1. The van der Waals surface area contributed by atoms with Gasteiger partial charge in [0.15, 0.2) is 0 Å². The van der Waals surface area contributed by atoms with Gasteiger partial charge in [-0.2, -0.15) is 0 Å². The Kier molecular flexibility index (Phi) is 5.40. The van der Waals surface area contributed by atoms with Crippen molar-refractivity contribution in [3.8, 4) is 22.5 Å².